The Morgan fingerprint density at radius 2 is 1.69 bits per heavy atom. The molecule has 0 bridgehead atoms. The summed E-state index contributed by atoms with van der Waals surface area (Å²) in [5.41, 5.74) is 2.29. The van der Waals surface area contributed by atoms with Gasteiger partial charge >= 0.3 is 0 Å². The fraction of sp³-hybridized carbons (Fsp3) is 0.292. The van der Waals surface area contributed by atoms with Gasteiger partial charge in [-0.2, -0.15) is 0 Å². The normalized spacial score (nSPS) is 11.6. The van der Waals surface area contributed by atoms with E-state index in [2.05, 4.69) is 60.6 Å². The number of rotatable bonds is 8. The second-order valence-corrected chi connectivity index (χ2v) is 9.39. The van der Waals surface area contributed by atoms with Crippen LogP contribution in [0.2, 0.25) is 0 Å². The number of hydrogen-bond donors (Lipinski definition) is 1. The number of hydrogen-bond acceptors (Lipinski definition) is 6. The van der Waals surface area contributed by atoms with Crippen LogP contribution < -0.4 is 5.32 Å². The molecule has 0 saturated carbocycles. The Bertz CT molecular complexity index is 1140. The lowest BCUT2D eigenvalue weighted by molar-refractivity contribution is -0.118. The van der Waals surface area contributed by atoms with Crippen LogP contribution in [-0.4, -0.2) is 26.4 Å². The maximum Gasteiger partial charge on any atom is 0.230 e. The average molecular weight is 451 g/mol. The van der Waals surface area contributed by atoms with Gasteiger partial charge in [-0.25, -0.2) is 0 Å². The van der Waals surface area contributed by atoms with Gasteiger partial charge in [0.15, 0.2) is 11.0 Å². The van der Waals surface area contributed by atoms with Crippen LogP contribution in [0.25, 0.3) is 11.4 Å². The molecule has 1 aromatic carbocycles. The molecular formula is C24H26N4O3S. The van der Waals surface area contributed by atoms with Crippen molar-refractivity contribution in [3.8, 4) is 11.4 Å². The van der Waals surface area contributed by atoms with Gasteiger partial charge in [0.2, 0.25) is 5.91 Å². The lowest BCUT2D eigenvalue weighted by Crippen LogP contribution is -2.24. The second-order valence-electron chi connectivity index (χ2n) is 8.44. The van der Waals surface area contributed by atoms with Gasteiger partial charge in [-0.1, -0.05) is 56.8 Å². The smallest absolute Gasteiger partial charge is 0.230 e. The van der Waals surface area contributed by atoms with Crippen LogP contribution >= 0.6 is 11.8 Å². The maximum atomic E-state index is 12.3. The molecule has 8 heteroatoms. The topological polar surface area (TPSA) is 86.1 Å². The molecule has 0 saturated heterocycles. The first-order chi connectivity index (χ1) is 15.4. The highest BCUT2D eigenvalue weighted by molar-refractivity contribution is 7.99. The zero-order valence-electron chi connectivity index (χ0n) is 18.4. The van der Waals surface area contributed by atoms with E-state index in [0.717, 1.165) is 17.1 Å². The van der Waals surface area contributed by atoms with Crippen molar-refractivity contribution in [3.05, 3.63) is 78.1 Å². The number of carbonyl (C=O) groups is 1. The Hall–Kier alpha value is -3.26. The summed E-state index contributed by atoms with van der Waals surface area (Å²) in [6, 6.07) is 15.8. The SMILES string of the molecule is CC(C)(C)c1ccc(-c2nnc(SCC(=O)NCc3ccco3)n2Cc2ccco2)cc1. The molecule has 4 aromatic rings. The minimum absolute atomic E-state index is 0.0738. The summed E-state index contributed by atoms with van der Waals surface area (Å²) in [5.74, 6) is 2.36. The molecule has 7 nitrogen and oxygen atoms in total. The predicted octanol–water partition coefficient (Wildman–Crippen LogP) is 4.89. The van der Waals surface area contributed by atoms with Gasteiger partial charge in [0.25, 0.3) is 0 Å². The van der Waals surface area contributed by atoms with Crippen molar-refractivity contribution in [2.45, 2.75) is 44.4 Å². The molecule has 0 spiro atoms. The van der Waals surface area contributed by atoms with Crippen molar-refractivity contribution >= 4 is 17.7 Å². The maximum absolute atomic E-state index is 12.3. The number of benzene rings is 1. The molecule has 3 heterocycles. The number of carbonyl (C=O) groups excluding carboxylic acids is 1. The number of nitrogens with zero attached hydrogens (tertiary/aromatic N) is 3. The summed E-state index contributed by atoms with van der Waals surface area (Å²) in [6.45, 7) is 7.40. The van der Waals surface area contributed by atoms with Gasteiger partial charge in [-0.05, 0) is 35.2 Å². The fourth-order valence-corrected chi connectivity index (χ4v) is 3.98. The van der Waals surface area contributed by atoms with Crippen molar-refractivity contribution in [2.24, 2.45) is 0 Å². The third-order valence-corrected chi connectivity index (χ3v) is 5.96. The predicted molar refractivity (Wildman–Crippen MR) is 123 cm³/mol. The van der Waals surface area contributed by atoms with Gasteiger partial charge in [0, 0.05) is 5.56 Å². The van der Waals surface area contributed by atoms with Crippen LogP contribution in [0.4, 0.5) is 0 Å². The van der Waals surface area contributed by atoms with Gasteiger partial charge in [0.1, 0.15) is 11.5 Å². The summed E-state index contributed by atoms with van der Waals surface area (Å²) >= 11 is 1.34. The summed E-state index contributed by atoms with van der Waals surface area (Å²) in [5, 5.41) is 12.3. The zero-order chi connectivity index (χ0) is 22.6. The Balaban J connectivity index is 1.52. The quantitative estimate of drug-likeness (QED) is 0.385. The van der Waals surface area contributed by atoms with Crippen LogP contribution in [0, 0.1) is 0 Å². The largest absolute Gasteiger partial charge is 0.467 e. The van der Waals surface area contributed by atoms with Gasteiger partial charge in [-0.15, -0.1) is 10.2 Å². The Morgan fingerprint density at radius 1 is 1.00 bits per heavy atom. The lowest BCUT2D eigenvalue weighted by Gasteiger charge is -2.19. The highest BCUT2D eigenvalue weighted by Crippen LogP contribution is 2.28. The lowest BCUT2D eigenvalue weighted by atomic mass is 9.87. The van der Waals surface area contributed by atoms with E-state index in [1.807, 2.05) is 22.8 Å². The number of aromatic nitrogens is 3. The van der Waals surface area contributed by atoms with E-state index in [0.29, 0.717) is 24.0 Å². The van der Waals surface area contributed by atoms with Crippen molar-refractivity contribution in [1.29, 1.82) is 0 Å². The highest BCUT2D eigenvalue weighted by Gasteiger charge is 2.19. The summed E-state index contributed by atoms with van der Waals surface area (Å²) in [6.07, 6.45) is 3.23. The molecule has 0 aliphatic rings. The molecule has 0 fully saturated rings. The van der Waals surface area contributed by atoms with Gasteiger partial charge in [0.05, 0.1) is 31.4 Å². The number of furan rings is 2. The zero-order valence-corrected chi connectivity index (χ0v) is 19.2. The highest BCUT2D eigenvalue weighted by atomic mass is 32.2. The molecule has 3 aromatic heterocycles. The van der Waals surface area contributed by atoms with E-state index in [1.165, 1.54) is 17.3 Å². The Labute approximate surface area is 191 Å². The summed E-state index contributed by atoms with van der Waals surface area (Å²) in [4.78, 5) is 12.3. The van der Waals surface area contributed by atoms with Crippen LogP contribution in [-0.2, 0) is 23.3 Å². The van der Waals surface area contributed by atoms with Crippen molar-refractivity contribution in [2.75, 3.05) is 5.75 Å². The van der Waals surface area contributed by atoms with E-state index in [1.54, 1.807) is 18.6 Å². The third kappa shape index (κ3) is 5.31. The number of nitrogens with one attached hydrogen (secondary N) is 1. The van der Waals surface area contributed by atoms with Crippen molar-refractivity contribution in [1.82, 2.24) is 20.1 Å². The fourth-order valence-electron chi connectivity index (χ4n) is 3.21. The van der Waals surface area contributed by atoms with E-state index in [9.17, 15) is 4.79 Å². The van der Waals surface area contributed by atoms with E-state index < -0.39 is 0 Å². The van der Waals surface area contributed by atoms with E-state index in [-0.39, 0.29) is 17.1 Å². The molecule has 1 N–H and O–H groups in total. The first kappa shape index (κ1) is 22.0. The number of amides is 1. The molecule has 166 valence electrons. The Kier molecular flexibility index (Phi) is 6.50. The molecule has 0 aliphatic carbocycles. The summed E-state index contributed by atoms with van der Waals surface area (Å²) < 4.78 is 12.8. The minimum atomic E-state index is -0.102. The first-order valence-corrected chi connectivity index (χ1v) is 11.4. The molecule has 0 radical (unpaired) electrons. The molecule has 4 rings (SSSR count). The molecule has 0 aliphatic heterocycles. The minimum Gasteiger partial charge on any atom is -0.467 e. The monoisotopic (exact) mass is 450 g/mol. The van der Waals surface area contributed by atoms with Crippen molar-refractivity contribution < 1.29 is 13.6 Å². The first-order valence-electron chi connectivity index (χ1n) is 10.4. The van der Waals surface area contributed by atoms with E-state index in [4.69, 9.17) is 8.83 Å². The summed E-state index contributed by atoms with van der Waals surface area (Å²) in [7, 11) is 0. The standard InChI is InChI=1S/C24H26N4O3S/c1-24(2,3)18-10-8-17(9-11-18)22-26-27-23(28(22)15-20-7-5-13-31-20)32-16-21(29)25-14-19-6-4-12-30-19/h4-13H,14-16H2,1-3H3,(H,25,29). The van der Waals surface area contributed by atoms with Crippen LogP contribution in [0.15, 0.2) is 75.0 Å². The van der Waals surface area contributed by atoms with Gasteiger partial charge < -0.3 is 14.2 Å². The van der Waals surface area contributed by atoms with Gasteiger partial charge in [-0.3, -0.25) is 9.36 Å². The van der Waals surface area contributed by atoms with Crippen LogP contribution in [0.3, 0.4) is 0 Å². The average Bonchev–Trinajstić information content (AvgIpc) is 3.53. The molecular weight excluding hydrogens is 424 g/mol. The second kappa shape index (κ2) is 9.48. The Morgan fingerprint density at radius 3 is 2.31 bits per heavy atom. The van der Waals surface area contributed by atoms with Crippen LogP contribution in [0.5, 0.6) is 0 Å². The molecule has 0 atom stereocenters. The van der Waals surface area contributed by atoms with Crippen LogP contribution in [0.1, 0.15) is 37.9 Å². The number of thioether (sulfide) groups is 1. The van der Waals surface area contributed by atoms with E-state index >= 15 is 0 Å². The molecule has 0 unspecified atom stereocenters. The van der Waals surface area contributed by atoms with Crippen molar-refractivity contribution in [3.63, 3.8) is 0 Å². The molecule has 1 amide bonds. The molecule has 32 heavy (non-hydrogen) atoms. The third-order valence-electron chi connectivity index (χ3n) is 4.99.